The number of anilines is 1. The summed E-state index contributed by atoms with van der Waals surface area (Å²) in [5.74, 6) is -0.901. The van der Waals surface area contributed by atoms with Gasteiger partial charge >= 0.3 is 0 Å². The van der Waals surface area contributed by atoms with E-state index in [1.54, 1.807) is 13.0 Å². The molecule has 0 saturated heterocycles. The summed E-state index contributed by atoms with van der Waals surface area (Å²) in [5, 5.41) is 12.1. The molecule has 1 amide bonds. The number of hydrogen-bond donors (Lipinski definition) is 2. The molecule has 0 heterocycles. The molecule has 0 unspecified atom stereocenters. The van der Waals surface area contributed by atoms with Crippen LogP contribution in [-0.4, -0.2) is 18.1 Å². The molecule has 0 radical (unpaired) electrons. The van der Waals surface area contributed by atoms with Crippen molar-refractivity contribution in [3.05, 3.63) is 53.3 Å². The number of halogens is 1. The number of hydrogen-bond acceptors (Lipinski definition) is 3. The summed E-state index contributed by atoms with van der Waals surface area (Å²) in [6.07, 6.45) is 0. The Morgan fingerprint density at radius 3 is 2.65 bits per heavy atom. The molecule has 0 saturated carbocycles. The number of phenolic OH excluding ortho intramolecular Hbond substituents is 1. The molecule has 2 N–H and O–H groups in total. The molecule has 0 fully saturated rings. The molecule has 104 valence electrons. The summed E-state index contributed by atoms with van der Waals surface area (Å²) in [5.41, 5.74) is 1.15. The molecule has 0 aliphatic carbocycles. The van der Waals surface area contributed by atoms with Crippen molar-refractivity contribution in [2.24, 2.45) is 0 Å². The van der Waals surface area contributed by atoms with Gasteiger partial charge in [0, 0.05) is 5.56 Å². The molecule has 0 spiro atoms. The van der Waals surface area contributed by atoms with Crippen molar-refractivity contribution in [1.29, 1.82) is 0 Å². The van der Waals surface area contributed by atoms with Crippen molar-refractivity contribution >= 4 is 11.6 Å². The number of nitrogens with one attached hydrogen (secondary N) is 1. The van der Waals surface area contributed by atoms with Crippen LogP contribution >= 0.6 is 0 Å². The minimum Gasteiger partial charge on any atom is -0.504 e. The molecular weight excluding hydrogens is 261 g/mol. The van der Waals surface area contributed by atoms with Gasteiger partial charge in [-0.15, -0.1) is 0 Å². The maximum Gasteiger partial charge on any atom is 0.255 e. The number of carbonyl (C=O) groups excluding carboxylic acids is 1. The monoisotopic (exact) mass is 275 g/mol. The van der Waals surface area contributed by atoms with Gasteiger partial charge < -0.3 is 15.2 Å². The van der Waals surface area contributed by atoms with E-state index in [1.165, 1.54) is 37.4 Å². The van der Waals surface area contributed by atoms with Crippen molar-refractivity contribution in [2.45, 2.75) is 6.92 Å². The molecule has 2 rings (SSSR count). The number of aryl methyl sites for hydroxylation is 1. The number of ether oxygens (including phenoxy) is 1. The Kier molecular flexibility index (Phi) is 3.89. The first-order valence-electron chi connectivity index (χ1n) is 5.96. The number of rotatable bonds is 3. The normalized spacial score (nSPS) is 10.2. The average molecular weight is 275 g/mol. The second-order valence-electron chi connectivity index (χ2n) is 4.32. The number of methoxy groups -OCH3 is 1. The molecule has 20 heavy (non-hydrogen) atoms. The van der Waals surface area contributed by atoms with Crippen LogP contribution in [0.25, 0.3) is 0 Å². The fourth-order valence-corrected chi connectivity index (χ4v) is 1.76. The van der Waals surface area contributed by atoms with Crippen LogP contribution in [0.4, 0.5) is 10.1 Å². The summed E-state index contributed by atoms with van der Waals surface area (Å²) >= 11 is 0. The van der Waals surface area contributed by atoms with E-state index in [9.17, 15) is 14.3 Å². The highest BCUT2D eigenvalue weighted by Crippen LogP contribution is 2.26. The van der Waals surface area contributed by atoms with Gasteiger partial charge in [-0.1, -0.05) is 6.07 Å². The lowest BCUT2D eigenvalue weighted by atomic mass is 10.1. The summed E-state index contributed by atoms with van der Waals surface area (Å²) in [7, 11) is 1.41. The molecule has 5 heteroatoms. The Balaban J connectivity index is 2.24. The summed E-state index contributed by atoms with van der Waals surface area (Å²) in [6, 6.07) is 8.66. The van der Waals surface area contributed by atoms with Crippen molar-refractivity contribution < 1.29 is 19.0 Å². The third kappa shape index (κ3) is 2.88. The first-order valence-corrected chi connectivity index (χ1v) is 5.96. The van der Waals surface area contributed by atoms with E-state index in [0.29, 0.717) is 0 Å². The molecule has 0 aromatic heterocycles. The molecule has 2 aromatic carbocycles. The SMILES string of the molecule is COc1ccc(C(=O)Nc2cc(C)ccc2F)cc1O. The smallest absolute Gasteiger partial charge is 0.255 e. The van der Waals surface area contributed by atoms with Crippen LogP contribution in [0.3, 0.4) is 0 Å². The summed E-state index contributed by atoms with van der Waals surface area (Å²) in [6.45, 7) is 1.80. The van der Waals surface area contributed by atoms with Gasteiger partial charge in [0.2, 0.25) is 0 Å². The Morgan fingerprint density at radius 2 is 2.00 bits per heavy atom. The maximum atomic E-state index is 13.6. The lowest BCUT2D eigenvalue weighted by Gasteiger charge is -2.09. The number of phenols is 1. The van der Waals surface area contributed by atoms with E-state index < -0.39 is 11.7 Å². The Bertz CT molecular complexity index is 656. The van der Waals surface area contributed by atoms with Crippen LogP contribution in [0.1, 0.15) is 15.9 Å². The van der Waals surface area contributed by atoms with Crippen LogP contribution in [0.2, 0.25) is 0 Å². The fraction of sp³-hybridized carbons (Fsp3) is 0.133. The number of aromatic hydroxyl groups is 1. The maximum absolute atomic E-state index is 13.6. The van der Waals surface area contributed by atoms with E-state index in [4.69, 9.17) is 4.74 Å². The zero-order valence-electron chi connectivity index (χ0n) is 11.1. The van der Waals surface area contributed by atoms with Crippen LogP contribution in [0.5, 0.6) is 11.5 Å². The number of carbonyl (C=O) groups is 1. The number of amides is 1. The van der Waals surface area contributed by atoms with Gasteiger partial charge in [-0.05, 0) is 42.8 Å². The summed E-state index contributed by atoms with van der Waals surface area (Å²) < 4.78 is 18.5. The molecule has 2 aromatic rings. The van der Waals surface area contributed by atoms with Crippen LogP contribution in [0, 0.1) is 12.7 Å². The average Bonchev–Trinajstić information content (AvgIpc) is 2.42. The molecule has 0 bridgehead atoms. The predicted molar refractivity (Wildman–Crippen MR) is 73.7 cm³/mol. The molecule has 0 aliphatic heterocycles. The second-order valence-corrected chi connectivity index (χ2v) is 4.32. The van der Waals surface area contributed by atoms with Crippen molar-refractivity contribution in [2.75, 3.05) is 12.4 Å². The van der Waals surface area contributed by atoms with Crippen molar-refractivity contribution in [3.63, 3.8) is 0 Å². The fourth-order valence-electron chi connectivity index (χ4n) is 1.76. The topological polar surface area (TPSA) is 58.6 Å². The van der Waals surface area contributed by atoms with Gasteiger partial charge in [-0.3, -0.25) is 4.79 Å². The minimum atomic E-state index is -0.512. The molecule has 0 atom stereocenters. The van der Waals surface area contributed by atoms with Crippen LogP contribution in [0.15, 0.2) is 36.4 Å². The van der Waals surface area contributed by atoms with E-state index in [-0.39, 0.29) is 22.7 Å². The Morgan fingerprint density at radius 1 is 1.25 bits per heavy atom. The zero-order valence-corrected chi connectivity index (χ0v) is 11.1. The molecule has 0 aliphatic rings. The quantitative estimate of drug-likeness (QED) is 0.905. The Hall–Kier alpha value is -2.56. The van der Waals surface area contributed by atoms with Crippen molar-refractivity contribution in [1.82, 2.24) is 0 Å². The Labute approximate surface area is 115 Å². The predicted octanol–water partition coefficient (Wildman–Crippen LogP) is 3.10. The van der Waals surface area contributed by atoms with Gasteiger partial charge in [0.15, 0.2) is 11.5 Å². The van der Waals surface area contributed by atoms with Crippen LogP contribution < -0.4 is 10.1 Å². The van der Waals surface area contributed by atoms with Gasteiger partial charge in [0.1, 0.15) is 5.82 Å². The lowest BCUT2D eigenvalue weighted by Crippen LogP contribution is -2.13. The van der Waals surface area contributed by atoms with E-state index in [1.807, 2.05) is 0 Å². The highest BCUT2D eigenvalue weighted by molar-refractivity contribution is 6.04. The van der Waals surface area contributed by atoms with Gasteiger partial charge in [-0.25, -0.2) is 4.39 Å². The van der Waals surface area contributed by atoms with Crippen molar-refractivity contribution in [3.8, 4) is 11.5 Å². The standard InChI is InChI=1S/C15H14FNO3/c1-9-3-5-11(16)12(7-9)17-15(19)10-4-6-14(20-2)13(18)8-10/h3-8,18H,1-2H3,(H,17,19). The van der Waals surface area contributed by atoms with Gasteiger partial charge in [-0.2, -0.15) is 0 Å². The van der Waals surface area contributed by atoms with E-state index in [2.05, 4.69) is 5.32 Å². The second kappa shape index (κ2) is 5.61. The third-order valence-electron chi connectivity index (χ3n) is 2.81. The first kappa shape index (κ1) is 13.9. The highest BCUT2D eigenvalue weighted by atomic mass is 19.1. The first-order chi connectivity index (χ1) is 9.51. The van der Waals surface area contributed by atoms with Crippen LogP contribution in [-0.2, 0) is 0 Å². The molecular formula is C15H14FNO3. The summed E-state index contributed by atoms with van der Waals surface area (Å²) in [4.78, 5) is 12.0. The van der Waals surface area contributed by atoms with Gasteiger partial charge in [0.05, 0.1) is 12.8 Å². The number of benzene rings is 2. The molecule has 4 nitrogen and oxygen atoms in total. The third-order valence-corrected chi connectivity index (χ3v) is 2.81. The van der Waals surface area contributed by atoms with Gasteiger partial charge in [0.25, 0.3) is 5.91 Å². The zero-order chi connectivity index (χ0) is 14.7. The van der Waals surface area contributed by atoms with E-state index >= 15 is 0 Å². The minimum absolute atomic E-state index is 0.102. The largest absolute Gasteiger partial charge is 0.504 e. The lowest BCUT2D eigenvalue weighted by molar-refractivity contribution is 0.102. The van der Waals surface area contributed by atoms with E-state index in [0.717, 1.165) is 5.56 Å². The highest BCUT2D eigenvalue weighted by Gasteiger charge is 2.12.